The number of hydrogen-bond donors (Lipinski definition) is 3. The second kappa shape index (κ2) is 7.01. The summed E-state index contributed by atoms with van der Waals surface area (Å²) in [7, 11) is 0. The van der Waals surface area contributed by atoms with Crippen LogP contribution in [0.2, 0.25) is 0 Å². The number of carbonyl (C=O) groups is 1. The van der Waals surface area contributed by atoms with Crippen molar-refractivity contribution < 1.29 is 15.0 Å². The zero-order valence-corrected chi connectivity index (χ0v) is 14.6. The molecule has 26 heavy (non-hydrogen) atoms. The Balaban J connectivity index is 2.13. The van der Waals surface area contributed by atoms with E-state index in [0.29, 0.717) is 6.54 Å². The molecule has 0 amide bonds. The van der Waals surface area contributed by atoms with E-state index in [1.54, 1.807) is 17.1 Å². The summed E-state index contributed by atoms with van der Waals surface area (Å²) in [4.78, 5) is 27.7. The van der Waals surface area contributed by atoms with Crippen LogP contribution in [0.3, 0.4) is 0 Å². The number of nitrogens with zero attached hydrogens (tertiary/aromatic N) is 2. The maximum Gasteiger partial charge on any atom is 0.323 e. The third kappa shape index (κ3) is 3.18. The largest absolute Gasteiger partial charge is 0.494 e. The standard InChI is InChI=1S/C18H17N3O4S/c1-2-7-21-17(25)13(16(24)19-18(21)26)8-11-9-20(10-15(22)23)14-6-4-3-5-12(11)14/h2-6,8,25H,1,7,9-10H2,(H,22,23)(H,19,24,26). The Kier molecular flexibility index (Phi) is 4.77. The van der Waals surface area contributed by atoms with Gasteiger partial charge in [0.2, 0.25) is 5.88 Å². The fourth-order valence-electron chi connectivity index (χ4n) is 3.00. The molecule has 1 aliphatic heterocycles. The lowest BCUT2D eigenvalue weighted by Crippen LogP contribution is -2.27. The molecule has 0 aliphatic carbocycles. The van der Waals surface area contributed by atoms with Gasteiger partial charge in [0, 0.05) is 24.3 Å². The molecule has 0 radical (unpaired) electrons. The number of carboxylic acid groups (broad SMARTS) is 1. The summed E-state index contributed by atoms with van der Waals surface area (Å²) in [5.74, 6) is -1.19. The van der Waals surface area contributed by atoms with Gasteiger partial charge in [0.25, 0.3) is 5.56 Å². The number of rotatable bonds is 5. The number of fused-ring (bicyclic) bond motifs is 1. The van der Waals surface area contributed by atoms with Gasteiger partial charge in [0.15, 0.2) is 4.77 Å². The molecule has 0 saturated carbocycles. The average Bonchev–Trinajstić information content (AvgIpc) is 2.92. The molecule has 0 fully saturated rings. The number of benzene rings is 1. The predicted molar refractivity (Wildman–Crippen MR) is 102 cm³/mol. The van der Waals surface area contributed by atoms with Crippen LogP contribution in [0.25, 0.3) is 11.6 Å². The number of carboxylic acids is 1. The number of hydrogen-bond acceptors (Lipinski definition) is 5. The van der Waals surface area contributed by atoms with Crippen LogP contribution in [0, 0.1) is 4.77 Å². The Labute approximate surface area is 154 Å². The van der Waals surface area contributed by atoms with Crippen LogP contribution in [-0.4, -0.2) is 38.8 Å². The molecule has 0 unspecified atom stereocenters. The number of aliphatic carboxylic acids is 1. The highest BCUT2D eigenvalue weighted by molar-refractivity contribution is 7.71. The average molecular weight is 371 g/mol. The maximum atomic E-state index is 12.3. The van der Waals surface area contributed by atoms with E-state index < -0.39 is 11.5 Å². The zero-order valence-electron chi connectivity index (χ0n) is 13.8. The molecule has 8 heteroatoms. The van der Waals surface area contributed by atoms with Crippen molar-refractivity contribution in [2.45, 2.75) is 6.54 Å². The SMILES string of the molecule is C=CCn1c(O)c(C=C2CN(CC(=O)O)c3ccccc32)c(=O)[nH]c1=S. The normalized spacial score (nSPS) is 14.5. The quantitative estimate of drug-likeness (QED) is 0.551. The van der Waals surface area contributed by atoms with Crippen molar-refractivity contribution >= 4 is 35.5 Å². The topological polar surface area (TPSA) is 98.6 Å². The summed E-state index contributed by atoms with van der Waals surface area (Å²) in [5, 5.41) is 19.6. The van der Waals surface area contributed by atoms with Crippen molar-refractivity contribution in [3.8, 4) is 5.88 Å². The number of para-hydroxylation sites is 1. The van der Waals surface area contributed by atoms with Crippen molar-refractivity contribution in [2.75, 3.05) is 18.0 Å². The van der Waals surface area contributed by atoms with E-state index in [2.05, 4.69) is 11.6 Å². The van der Waals surface area contributed by atoms with E-state index in [1.807, 2.05) is 24.3 Å². The number of H-pyrrole nitrogens is 1. The number of nitrogens with one attached hydrogen (secondary N) is 1. The Hall–Kier alpha value is -3.13. The molecular formula is C18H17N3O4S. The lowest BCUT2D eigenvalue weighted by atomic mass is 10.1. The highest BCUT2D eigenvalue weighted by atomic mass is 32.1. The molecule has 1 aromatic carbocycles. The van der Waals surface area contributed by atoms with Crippen molar-refractivity contribution in [3.63, 3.8) is 0 Å². The molecule has 134 valence electrons. The van der Waals surface area contributed by atoms with Gasteiger partial charge in [-0.2, -0.15) is 0 Å². The summed E-state index contributed by atoms with van der Waals surface area (Å²) in [6, 6.07) is 7.34. The maximum absolute atomic E-state index is 12.3. The van der Waals surface area contributed by atoms with E-state index in [-0.39, 0.29) is 29.3 Å². The van der Waals surface area contributed by atoms with Crippen molar-refractivity contribution in [3.05, 3.63) is 63.2 Å². The fourth-order valence-corrected chi connectivity index (χ4v) is 3.26. The summed E-state index contributed by atoms with van der Waals surface area (Å²) >= 11 is 5.07. The minimum Gasteiger partial charge on any atom is -0.494 e. The Bertz CT molecular complexity index is 1040. The minimum atomic E-state index is -0.943. The highest BCUT2D eigenvalue weighted by Gasteiger charge is 2.25. The minimum absolute atomic E-state index is 0.0717. The lowest BCUT2D eigenvalue weighted by molar-refractivity contribution is -0.135. The first kappa shape index (κ1) is 17.7. The van der Waals surface area contributed by atoms with Crippen molar-refractivity contribution in [1.82, 2.24) is 9.55 Å². The molecule has 2 heterocycles. The highest BCUT2D eigenvalue weighted by Crippen LogP contribution is 2.36. The van der Waals surface area contributed by atoms with E-state index in [9.17, 15) is 14.7 Å². The van der Waals surface area contributed by atoms with E-state index in [4.69, 9.17) is 17.3 Å². The summed E-state index contributed by atoms with van der Waals surface area (Å²) in [6.07, 6.45) is 3.13. The van der Waals surface area contributed by atoms with E-state index >= 15 is 0 Å². The summed E-state index contributed by atoms with van der Waals surface area (Å²) < 4.78 is 1.47. The first-order chi connectivity index (χ1) is 12.4. The molecule has 3 rings (SSSR count). The van der Waals surface area contributed by atoms with Crippen LogP contribution in [0.1, 0.15) is 11.1 Å². The number of allylic oxidation sites excluding steroid dienone is 1. The van der Waals surface area contributed by atoms with Gasteiger partial charge in [-0.25, -0.2) is 0 Å². The first-order valence-corrected chi connectivity index (χ1v) is 8.27. The van der Waals surface area contributed by atoms with Crippen LogP contribution >= 0.6 is 12.2 Å². The van der Waals surface area contributed by atoms with Gasteiger partial charge >= 0.3 is 5.97 Å². The third-order valence-electron chi connectivity index (χ3n) is 4.12. The molecule has 1 aliphatic rings. The molecule has 1 aromatic heterocycles. The molecular weight excluding hydrogens is 354 g/mol. The molecule has 0 saturated heterocycles. The van der Waals surface area contributed by atoms with Gasteiger partial charge in [-0.15, -0.1) is 6.58 Å². The van der Waals surface area contributed by atoms with Crippen LogP contribution in [0.15, 0.2) is 41.7 Å². The Morgan fingerprint density at radius 2 is 2.12 bits per heavy atom. The second-order valence-electron chi connectivity index (χ2n) is 5.83. The number of aromatic hydroxyl groups is 1. The summed E-state index contributed by atoms with van der Waals surface area (Å²) in [6.45, 7) is 4.03. The fraction of sp³-hybridized carbons (Fsp3) is 0.167. The van der Waals surface area contributed by atoms with E-state index in [0.717, 1.165) is 16.8 Å². The van der Waals surface area contributed by atoms with Crippen LogP contribution < -0.4 is 10.5 Å². The Morgan fingerprint density at radius 3 is 2.81 bits per heavy atom. The first-order valence-electron chi connectivity index (χ1n) is 7.86. The summed E-state index contributed by atoms with van der Waals surface area (Å²) in [5.41, 5.74) is 1.91. The van der Waals surface area contributed by atoms with Gasteiger partial charge in [0.05, 0.1) is 0 Å². The van der Waals surface area contributed by atoms with Crippen LogP contribution in [-0.2, 0) is 11.3 Å². The monoisotopic (exact) mass is 371 g/mol. The number of aromatic nitrogens is 2. The lowest BCUT2D eigenvalue weighted by Gasteiger charge is -2.15. The van der Waals surface area contributed by atoms with Crippen molar-refractivity contribution in [1.29, 1.82) is 0 Å². The van der Waals surface area contributed by atoms with Gasteiger partial charge < -0.3 is 15.1 Å². The van der Waals surface area contributed by atoms with Gasteiger partial charge in [-0.05, 0) is 29.9 Å². The number of anilines is 1. The third-order valence-corrected chi connectivity index (χ3v) is 4.44. The molecule has 3 N–H and O–H groups in total. The van der Waals surface area contributed by atoms with Gasteiger partial charge in [-0.1, -0.05) is 24.3 Å². The molecule has 0 atom stereocenters. The molecule has 0 bridgehead atoms. The van der Waals surface area contributed by atoms with E-state index in [1.165, 1.54) is 4.57 Å². The Morgan fingerprint density at radius 1 is 1.38 bits per heavy atom. The second-order valence-corrected chi connectivity index (χ2v) is 6.22. The van der Waals surface area contributed by atoms with Crippen LogP contribution in [0.4, 0.5) is 5.69 Å². The number of aromatic amines is 1. The van der Waals surface area contributed by atoms with Gasteiger partial charge in [0.1, 0.15) is 12.1 Å². The smallest absolute Gasteiger partial charge is 0.323 e. The van der Waals surface area contributed by atoms with Gasteiger partial charge in [-0.3, -0.25) is 19.1 Å². The predicted octanol–water partition coefficient (Wildman–Crippen LogP) is 2.24. The van der Waals surface area contributed by atoms with Crippen molar-refractivity contribution in [2.24, 2.45) is 0 Å². The molecule has 7 nitrogen and oxygen atoms in total. The van der Waals surface area contributed by atoms with Crippen LogP contribution in [0.5, 0.6) is 5.88 Å². The zero-order chi connectivity index (χ0) is 18.8. The molecule has 2 aromatic rings. The molecule has 0 spiro atoms.